The van der Waals surface area contributed by atoms with Gasteiger partial charge >= 0.3 is 0 Å². The van der Waals surface area contributed by atoms with Crippen LogP contribution in [0.4, 0.5) is 0 Å². The molecule has 2 aromatic carbocycles. The smallest absolute Gasteiger partial charge is 0.288 e. The normalized spacial score (nSPS) is 16.3. The lowest BCUT2D eigenvalue weighted by Crippen LogP contribution is -2.21. The average Bonchev–Trinajstić information content (AvgIpc) is 2.88. The molecule has 0 aliphatic carbocycles. The van der Waals surface area contributed by atoms with Crippen LogP contribution < -0.4 is 10.7 Å². The Morgan fingerprint density at radius 2 is 1.79 bits per heavy atom. The van der Waals surface area contributed by atoms with E-state index in [0.717, 1.165) is 11.1 Å². The van der Waals surface area contributed by atoms with Crippen molar-refractivity contribution in [1.29, 1.82) is 0 Å². The SMILES string of the molecule is Cc1cc2oc3c(c(=O)c2cc1Cl)C(c1ccc(Cl)cc1)NC3=O. The summed E-state index contributed by atoms with van der Waals surface area (Å²) in [5.41, 5.74) is 1.94. The Morgan fingerprint density at radius 1 is 1.08 bits per heavy atom. The van der Waals surface area contributed by atoms with Crippen molar-refractivity contribution in [3.05, 3.63) is 79.1 Å². The number of rotatable bonds is 1. The maximum atomic E-state index is 12.9. The third-order valence-corrected chi connectivity index (χ3v) is 4.84. The highest BCUT2D eigenvalue weighted by molar-refractivity contribution is 6.32. The van der Waals surface area contributed by atoms with Crippen molar-refractivity contribution in [2.45, 2.75) is 13.0 Å². The van der Waals surface area contributed by atoms with Gasteiger partial charge in [-0.1, -0.05) is 35.3 Å². The van der Waals surface area contributed by atoms with Gasteiger partial charge in [-0.25, -0.2) is 0 Å². The fourth-order valence-corrected chi connectivity index (χ4v) is 3.22. The molecule has 1 aliphatic rings. The topological polar surface area (TPSA) is 59.3 Å². The Hall–Kier alpha value is -2.30. The molecule has 1 aromatic heterocycles. The van der Waals surface area contributed by atoms with E-state index < -0.39 is 11.9 Å². The average molecular weight is 360 g/mol. The van der Waals surface area contributed by atoms with Crippen LogP contribution in [0.25, 0.3) is 11.0 Å². The Morgan fingerprint density at radius 3 is 2.50 bits per heavy atom. The van der Waals surface area contributed by atoms with E-state index in [-0.39, 0.29) is 11.2 Å². The zero-order valence-electron chi connectivity index (χ0n) is 12.5. The summed E-state index contributed by atoms with van der Waals surface area (Å²) in [5, 5.41) is 4.21. The molecule has 0 spiro atoms. The molecule has 4 rings (SSSR count). The lowest BCUT2D eigenvalue weighted by Gasteiger charge is -2.11. The van der Waals surface area contributed by atoms with Crippen molar-refractivity contribution in [1.82, 2.24) is 5.32 Å². The number of carbonyl (C=O) groups excluding carboxylic acids is 1. The number of aryl methyl sites for hydroxylation is 1. The van der Waals surface area contributed by atoms with E-state index in [9.17, 15) is 9.59 Å². The summed E-state index contributed by atoms with van der Waals surface area (Å²) in [7, 11) is 0. The lowest BCUT2D eigenvalue weighted by atomic mass is 9.99. The summed E-state index contributed by atoms with van der Waals surface area (Å²) in [6.07, 6.45) is 0. The molecule has 0 saturated carbocycles. The number of amides is 1. The second-order valence-corrected chi connectivity index (χ2v) is 6.57. The van der Waals surface area contributed by atoms with Gasteiger partial charge in [-0.2, -0.15) is 0 Å². The largest absolute Gasteiger partial charge is 0.450 e. The summed E-state index contributed by atoms with van der Waals surface area (Å²) in [5.74, 6) is -0.356. The molecule has 4 nitrogen and oxygen atoms in total. The number of hydrogen-bond donors (Lipinski definition) is 1. The number of fused-ring (bicyclic) bond motifs is 2. The molecule has 0 radical (unpaired) electrons. The van der Waals surface area contributed by atoms with E-state index in [1.807, 2.05) is 6.92 Å². The van der Waals surface area contributed by atoms with Gasteiger partial charge in [0, 0.05) is 10.0 Å². The monoisotopic (exact) mass is 359 g/mol. The van der Waals surface area contributed by atoms with E-state index in [2.05, 4.69) is 5.32 Å². The molecule has 1 N–H and O–H groups in total. The zero-order chi connectivity index (χ0) is 17.0. The highest BCUT2D eigenvalue weighted by atomic mass is 35.5. The van der Waals surface area contributed by atoms with Gasteiger partial charge in [0.05, 0.1) is 17.0 Å². The lowest BCUT2D eigenvalue weighted by molar-refractivity contribution is 0.0938. The first-order chi connectivity index (χ1) is 11.5. The molecular formula is C18H11Cl2NO3. The molecule has 1 aliphatic heterocycles. The van der Waals surface area contributed by atoms with E-state index in [1.54, 1.807) is 36.4 Å². The van der Waals surface area contributed by atoms with Crippen molar-refractivity contribution < 1.29 is 9.21 Å². The summed E-state index contributed by atoms with van der Waals surface area (Å²) < 4.78 is 5.71. The zero-order valence-corrected chi connectivity index (χ0v) is 14.0. The van der Waals surface area contributed by atoms with Gasteiger partial charge in [0.15, 0.2) is 5.43 Å². The summed E-state index contributed by atoms with van der Waals surface area (Å²) in [4.78, 5) is 25.2. The van der Waals surface area contributed by atoms with Crippen molar-refractivity contribution in [3.8, 4) is 0 Å². The standard InChI is InChI=1S/C18H11Cl2NO3/c1-8-6-13-11(7-12(8)20)16(22)14-15(21-18(23)17(14)24-13)9-2-4-10(19)5-3-9/h2-7,15H,1H3,(H,21,23). The molecule has 3 aromatic rings. The Bertz CT molecular complexity index is 1050. The molecule has 0 bridgehead atoms. The van der Waals surface area contributed by atoms with Crippen molar-refractivity contribution in [2.24, 2.45) is 0 Å². The second-order valence-electron chi connectivity index (χ2n) is 5.73. The van der Waals surface area contributed by atoms with Crippen LogP contribution >= 0.6 is 23.2 Å². The highest BCUT2D eigenvalue weighted by Crippen LogP contribution is 2.32. The molecule has 1 amide bonds. The van der Waals surface area contributed by atoms with Crippen LogP contribution in [0.1, 0.15) is 33.3 Å². The van der Waals surface area contributed by atoms with Crippen LogP contribution in [-0.4, -0.2) is 5.91 Å². The summed E-state index contributed by atoms with van der Waals surface area (Å²) in [6.45, 7) is 1.81. The van der Waals surface area contributed by atoms with Gasteiger partial charge in [-0.3, -0.25) is 9.59 Å². The van der Waals surface area contributed by atoms with Crippen LogP contribution in [0.15, 0.2) is 45.6 Å². The first-order valence-corrected chi connectivity index (χ1v) is 8.04. The van der Waals surface area contributed by atoms with Gasteiger partial charge in [-0.15, -0.1) is 0 Å². The van der Waals surface area contributed by atoms with E-state index in [4.69, 9.17) is 27.6 Å². The number of nitrogens with one attached hydrogen (secondary N) is 1. The fraction of sp³-hybridized carbons (Fsp3) is 0.111. The number of halogens is 2. The molecule has 6 heteroatoms. The van der Waals surface area contributed by atoms with Crippen LogP contribution in [0.2, 0.25) is 10.0 Å². The first-order valence-electron chi connectivity index (χ1n) is 7.29. The van der Waals surface area contributed by atoms with E-state index in [0.29, 0.717) is 26.6 Å². The van der Waals surface area contributed by atoms with E-state index in [1.165, 1.54) is 0 Å². The number of benzene rings is 2. The predicted molar refractivity (Wildman–Crippen MR) is 93.0 cm³/mol. The maximum absolute atomic E-state index is 12.9. The molecular weight excluding hydrogens is 349 g/mol. The van der Waals surface area contributed by atoms with Crippen molar-refractivity contribution in [2.75, 3.05) is 0 Å². The molecule has 2 heterocycles. The third kappa shape index (κ3) is 2.22. The van der Waals surface area contributed by atoms with Crippen molar-refractivity contribution >= 4 is 40.1 Å². The Labute approximate surface area is 147 Å². The van der Waals surface area contributed by atoms with E-state index >= 15 is 0 Å². The van der Waals surface area contributed by atoms with Crippen LogP contribution in [0.3, 0.4) is 0 Å². The predicted octanol–water partition coefficient (Wildman–Crippen LogP) is 4.24. The van der Waals surface area contributed by atoms with Crippen LogP contribution in [-0.2, 0) is 0 Å². The third-order valence-electron chi connectivity index (χ3n) is 4.18. The minimum Gasteiger partial charge on any atom is -0.450 e. The molecule has 0 saturated heterocycles. The minimum atomic E-state index is -0.564. The summed E-state index contributed by atoms with van der Waals surface area (Å²) in [6, 6.07) is 9.66. The van der Waals surface area contributed by atoms with Crippen molar-refractivity contribution in [3.63, 3.8) is 0 Å². The fourth-order valence-electron chi connectivity index (χ4n) is 2.93. The Kier molecular flexibility index (Phi) is 3.41. The van der Waals surface area contributed by atoms with Gasteiger partial charge < -0.3 is 9.73 Å². The number of carbonyl (C=O) groups is 1. The van der Waals surface area contributed by atoms with Gasteiger partial charge in [0.1, 0.15) is 5.58 Å². The maximum Gasteiger partial charge on any atom is 0.288 e. The first kappa shape index (κ1) is 15.2. The molecule has 0 fully saturated rings. The molecule has 1 atom stereocenters. The quantitative estimate of drug-likeness (QED) is 0.706. The number of hydrogen-bond acceptors (Lipinski definition) is 3. The van der Waals surface area contributed by atoms with Gasteiger partial charge in [0.2, 0.25) is 5.76 Å². The van der Waals surface area contributed by atoms with Crippen LogP contribution in [0.5, 0.6) is 0 Å². The molecule has 24 heavy (non-hydrogen) atoms. The minimum absolute atomic E-state index is 0.0502. The van der Waals surface area contributed by atoms with Gasteiger partial charge in [-0.05, 0) is 42.3 Å². The molecule has 120 valence electrons. The second kappa shape index (κ2) is 5.36. The van der Waals surface area contributed by atoms with Gasteiger partial charge in [0.25, 0.3) is 5.91 Å². The summed E-state index contributed by atoms with van der Waals surface area (Å²) >= 11 is 12.0. The Balaban J connectivity index is 2.00. The van der Waals surface area contributed by atoms with Crippen LogP contribution in [0, 0.1) is 6.92 Å². The molecule has 1 unspecified atom stereocenters. The highest BCUT2D eigenvalue weighted by Gasteiger charge is 2.35.